The Labute approximate surface area is 186 Å². The molecule has 1 aromatic carbocycles. The van der Waals surface area contributed by atoms with Crippen LogP contribution in [0.15, 0.2) is 24.4 Å². The smallest absolute Gasteiger partial charge is 0.273 e. The number of halogens is 1. The average molecular weight is 451 g/mol. The van der Waals surface area contributed by atoms with Crippen molar-refractivity contribution in [2.45, 2.75) is 26.3 Å². The zero-order chi connectivity index (χ0) is 23.3. The van der Waals surface area contributed by atoms with Crippen molar-refractivity contribution in [2.24, 2.45) is 0 Å². The summed E-state index contributed by atoms with van der Waals surface area (Å²) in [4.78, 5) is 24.7. The third-order valence-corrected chi connectivity index (χ3v) is 4.43. The van der Waals surface area contributed by atoms with Crippen molar-refractivity contribution in [1.29, 1.82) is 0 Å². The fraction of sp³-hybridized carbons (Fsp3) is 0.524. The van der Waals surface area contributed by atoms with Gasteiger partial charge in [-0.15, -0.1) is 5.10 Å². The third kappa shape index (κ3) is 7.27. The maximum atomic E-state index is 12.5. The topological polar surface area (TPSA) is 117 Å². The van der Waals surface area contributed by atoms with Gasteiger partial charge in [-0.25, -0.2) is 9.07 Å². The van der Waals surface area contributed by atoms with Crippen LogP contribution in [0.5, 0.6) is 5.75 Å². The molecule has 2 N–H and O–H groups in total. The van der Waals surface area contributed by atoms with Crippen LogP contribution in [-0.4, -0.2) is 79.6 Å². The predicted octanol–water partition coefficient (Wildman–Crippen LogP) is 1.54. The van der Waals surface area contributed by atoms with Crippen LogP contribution in [0.2, 0.25) is 0 Å². The molecule has 0 saturated carbocycles. The molecule has 0 aliphatic carbocycles. The molecule has 0 aliphatic heterocycles. The summed E-state index contributed by atoms with van der Waals surface area (Å²) in [6.07, 6.45) is 2.18. The van der Waals surface area contributed by atoms with E-state index in [0.717, 1.165) is 0 Å². The number of carbonyl (C=O) groups is 2. The Morgan fingerprint density at radius 3 is 2.69 bits per heavy atom. The third-order valence-electron chi connectivity index (χ3n) is 4.43. The summed E-state index contributed by atoms with van der Waals surface area (Å²) in [5, 5.41) is 13.5. The Balaban J connectivity index is 2.22. The highest BCUT2D eigenvalue weighted by Gasteiger charge is 2.18. The Hall–Kier alpha value is -3.05. The number of methoxy groups -OCH3 is 1. The second-order valence-corrected chi connectivity index (χ2v) is 6.77. The van der Waals surface area contributed by atoms with Crippen LogP contribution in [-0.2, 0) is 9.47 Å². The zero-order valence-electron chi connectivity index (χ0n) is 18.6. The number of carbonyl (C=O) groups excluding carboxylic acids is 2. The number of hydrogen-bond acceptors (Lipinski definition) is 7. The van der Waals surface area contributed by atoms with Crippen molar-refractivity contribution in [3.8, 4) is 11.4 Å². The maximum absolute atomic E-state index is 12.5. The van der Waals surface area contributed by atoms with E-state index in [1.54, 1.807) is 25.3 Å². The lowest BCUT2D eigenvalue weighted by molar-refractivity contribution is 0.0888. The minimum absolute atomic E-state index is 0.0153. The molecule has 0 aliphatic rings. The largest absolute Gasteiger partial charge is 0.489 e. The number of hydrogen-bond donors (Lipinski definition) is 2. The van der Waals surface area contributed by atoms with Gasteiger partial charge in [-0.3, -0.25) is 9.59 Å². The fourth-order valence-corrected chi connectivity index (χ4v) is 2.80. The van der Waals surface area contributed by atoms with Gasteiger partial charge in [0.15, 0.2) is 5.69 Å². The van der Waals surface area contributed by atoms with E-state index < -0.39 is 6.67 Å². The van der Waals surface area contributed by atoms with Gasteiger partial charge in [0.25, 0.3) is 11.8 Å². The standard InChI is InChI=1S/C21H30FN5O5/c1-4-16(14-30-3)24-21(29)17-13-27(26-25-17)18-7-6-15(20(28)23-5-2)12-19(18)32-11-10-31-9-8-22/h6-7,12-13,16H,4-5,8-11,14H2,1-3H3,(H,23,28)(H,24,29). The summed E-state index contributed by atoms with van der Waals surface area (Å²) in [5.74, 6) is -0.276. The molecule has 1 atom stereocenters. The molecule has 2 rings (SSSR count). The van der Waals surface area contributed by atoms with E-state index in [4.69, 9.17) is 14.2 Å². The number of amides is 2. The van der Waals surface area contributed by atoms with E-state index in [-0.39, 0.29) is 43.4 Å². The van der Waals surface area contributed by atoms with Crippen molar-refractivity contribution in [2.75, 3.05) is 46.8 Å². The van der Waals surface area contributed by atoms with Crippen LogP contribution < -0.4 is 15.4 Å². The Bertz CT molecular complexity index is 876. The van der Waals surface area contributed by atoms with Crippen LogP contribution >= 0.6 is 0 Å². The maximum Gasteiger partial charge on any atom is 0.273 e. The van der Waals surface area contributed by atoms with E-state index in [0.29, 0.717) is 36.6 Å². The second kappa shape index (κ2) is 13.4. The summed E-state index contributed by atoms with van der Waals surface area (Å²) >= 11 is 0. The average Bonchev–Trinajstić information content (AvgIpc) is 3.29. The molecule has 32 heavy (non-hydrogen) atoms. The Kier molecular flexibility index (Phi) is 10.5. The summed E-state index contributed by atoms with van der Waals surface area (Å²) < 4.78 is 29.5. The first-order chi connectivity index (χ1) is 15.5. The van der Waals surface area contributed by atoms with E-state index in [9.17, 15) is 14.0 Å². The highest BCUT2D eigenvalue weighted by atomic mass is 19.1. The number of aromatic nitrogens is 3. The van der Waals surface area contributed by atoms with Crippen molar-refractivity contribution < 1.29 is 28.2 Å². The van der Waals surface area contributed by atoms with Gasteiger partial charge in [0, 0.05) is 19.2 Å². The van der Waals surface area contributed by atoms with Gasteiger partial charge in [0.1, 0.15) is 24.7 Å². The highest BCUT2D eigenvalue weighted by Crippen LogP contribution is 2.24. The van der Waals surface area contributed by atoms with Crippen molar-refractivity contribution in [1.82, 2.24) is 25.6 Å². The van der Waals surface area contributed by atoms with Gasteiger partial charge in [-0.2, -0.15) is 0 Å². The molecule has 10 nitrogen and oxygen atoms in total. The van der Waals surface area contributed by atoms with Crippen LogP contribution in [0, 0.1) is 0 Å². The SMILES string of the molecule is CCNC(=O)c1ccc(-n2cc(C(=O)NC(CC)COC)nn2)c(OCCOCCF)c1. The number of alkyl halides is 1. The molecule has 1 unspecified atom stereocenters. The van der Waals surface area contributed by atoms with Crippen LogP contribution in [0.4, 0.5) is 4.39 Å². The van der Waals surface area contributed by atoms with Crippen molar-refractivity contribution in [3.05, 3.63) is 35.7 Å². The fourth-order valence-electron chi connectivity index (χ4n) is 2.80. The lowest BCUT2D eigenvalue weighted by atomic mass is 10.1. The Morgan fingerprint density at radius 2 is 2.00 bits per heavy atom. The van der Waals surface area contributed by atoms with E-state index in [2.05, 4.69) is 20.9 Å². The molecule has 11 heteroatoms. The minimum atomic E-state index is -0.578. The molecule has 0 saturated heterocycles. The normalized spacial score (nSPS) is 11.8. The number of nitrogens with one attached hydrogen (secondary N) is 2. The summed E-state index contributed by atoms with van der Waals surface area (Å²) in [5.41, 5.74) is 1.02. The molecule has 1 heterocycles. The number of nitrogens with zero attached hydrogens (tertiary/aromatic N) is 3. The molecule has 0 fully saturated rings. The predicted molar refractivity (Wildman–Crippen MR) is 115 cm³/mol. The molecule has 2 amide bonds. The first-order valence-corrected chi connectivity index (χ1v) is 10.4. The van der Waals surface area contributed by atoms with E-state index >= 15 is 0 Å². The molecule has 0 radical (unpaired) electrons. The Morgan fingerprint density at radius 1 is 1.19 bits per heavy atom. The van der Waals surface area contributed by atoms with Gasteiger partial charge in [-0.1, -0.05) is 12.1 Å². The minimum Gasteiger partial charge on any atom is -0.489 e. The molecule has 2 aromatic rings. The molecular weight excluding hydrogens is 421 g/mol. The van der Waals surface area contributed by atoms with E-state index in [1.165, 1.54) is 10.9 Å². The second-order valence-electron chi connectivity index (χ2n) is 6.77. The van der Waals surface area contributed by atoms with Gasteiger partial charge in [-0.05, 0) is 31.5 Å². The number of rotatable bonds is 14. The van der Waals surface area contributed by atoms with Gasteiger partial charge in [0.2, 0.25) is 0 Å². The first-order valence-electron chi connectivity index (χ1n) is 10.4. The molecule has 1 aromatic heterocycles. The number of ether oxygens (including phenoxy) is 3. The van der Waals surface area contributed by atoms with Crippen LogP contribution in [0.1, 0.15) is 41.1 Å². The molecule has 0 spiro atoms. The monoisotopic (exact) mass is 451 g/mol. The van der Waals surface area contributed by atoms with Gasteiger partial charge < -0.3 is 24.8 Å². The number of benzene rings is 1. The first kappa shape index (κ1) is 25.2. The van der Waals surface area contributed by atoms with Crippen LogP contribution in [0.25, 0.3) is 5.69 Å². The quantitative estimate of drug-likeness (QED) is 0.419. The molecular formula is C21H30FN5O5. The summed E-state index contributed by atoms with van der Waals surface area (Å²) in [6, 6.07) is 4.71. The summed E-state index contributed by atoms with van der Waals surface area (Å²) in [7, 11) is 1.57. The van der Waals surface area contributed by atoms with Crippen molar-refractivity contribution in [3.63, 3.8) is 0 Å². The van der Waals surface area contributed by atoms with Crippen molar-refractivity contribution >= 4 is 11.8 Å². The van der Waals surface area contributed by atoms with Crippen LogP contribution in [0.3, 0.4) is 0 Å². The lowest BCUT2D eigenvalue weighted by Gasteiger charge is -2.14. The molecule has 0 bridgehead atoms. The molecule has 176 valence electrons. The lowest BCUT2D eigenvalue weighted by Crippen LogP contribution is -2.37. The zero-order valence-corrected chi connectivity index (χ0v) is 18.6. The van der Waals surface area contributed by atoms with E-state index in [1.807, 2.05) is 13.8 Å². The highest BCUT2D eigenvalue weighted by molar-refractivity contribution is 5.95. The summed E-state index contributed by atoms with van der Waals surface area (Å²) in [6.45, 7) is 4.36. The van der Waals surface area contributed by atoms with Gasteiger partial charge in [0.05, 0.1) is 32.1 Å². The van der Waals surface area contributed by atoms with Gasteiger partial charge >= 0.3 is 0 Å².